The quantitative estimate of drug-likeness (QED) is 0.503. The van der Waals surface area contributed by atoms with Gasteiger partial charge in [0.05, 0.1) is 7.11 Å². The zero-order valence-corrected chi connectivity index (χ0v) is 12.1. The van der Waals surface area contributed by atoms with E-state index in [4.69, 9.17) is 4.74 Å². The van der Waals surface area contributed by atoms with Crippen LogP contribution in [-0.2, 0) is 0 Å². The molecule has 2 rings (SSSR count). The van der Waals surface area contributed by atoms with E-state index in [-0.39, 0.29) is 22.8 Å². The van der Waals surface area contributed by atoms with E-state index in [1.807, 2.05) is 36.4 Å². The van der Waals surface area contributed by atoms with Crippen molar-refractivity contribution in [1.29, 1.82) is 0 Å². The van der Waals surface area contributed by atoms with Gasteiger partial charge in [-0.3, -0.25) is 4.79 Å². The number of carbonyl (C=O) groups excluding carboxylic acids is 1. The van der Waals surface area contributed by atoms with Crippen LogP contribution in [0.5, 0.6) is 17.2 Å². The lowest BCUT2D eigenvalue weighted by Gasteiger charge is -2.08. The minimum absolute atomic E-state index is 0.0182. The minimum atomic E-state index is -0.410. The van der Waals surface area contributed by atoms with Crippen LogP contribution in [-0.4, -0.2) is 23.1 Å². The van der Waals surface area contributed by atoms with Gasteiger partial charge in [-0.2, -0.15) is 0 Å². The maximum absolute atomic E-state index is 12.1. The van der Waals surface area contributed by atoms with E-state index in [1.54, 1.807) is 12.2 Å². The standard InChI is InChI=1S/C18H16O4/c1-22-17-12-14(19)11-16(21)18(17)15(20)10-6-5-9-13-7-3-2-4-8-13/h2-12,19,21H,1H3/b9-5+,10-6+. The smallest absolute Gasteiger partial charge is 0.193 e. The van der Waals surface area contributed by atoms with E-state index in [9.17, 15) is 15.0 Å². The molecule has 2 aromatic carbocycles. The number of ether oxygens (including phenoxy) is 1. The monoisotopic (exact) mass is 296 g/mol. The summed E-state index contributed by atoms with van der Waals surface area (Å²) in [5.74, 6) is -0.774. The molecule has 0 spiro atoms. The molecule has 0 unspecified atom stereocenters. The van der Waals surface area contributed by atoms with Crippen LogP contribution in [0.4, 0.5) is 0 Å². The van der Waals surface area contributed by atoms with Crippen molar-refractivity contribution >= 4 is 11.9 Å². The molecule has 0 saturated carbocycles. The lowest BCUT2D eigenvalue weighted by Crippen LogP contribution is -1.99. The molecule has 0 radical (unpaired) electrons. The van der Waals surface area contributed by atoms with Crippen LogP contribution in [0.1, 0.15) is 15.9 Å². The molecular weight excluding hydrogens is 280 g/mol. The predicted octanol–water partition coefficient (Wildman–Crippen LogP) is 3.56. The molecule has 112 valence electrons. The molecule has 2 N–H and O–H groups in total. The average Bonchev–Trinajstić information content (AvgIpc) is 2.51. The molecule has 4 nitrogen and oxygen atoms in total. The highest BCUT2D eigenvalue weighted by Crippen LogP contribution is 2.33. The Bertz CT molecular complexity index is 715. The van der Waals surface area contributed by atoms with E-state index < -0.39 is 5.78 Å². The van der Waals surface area contributed by atoms with Crippen molar-refractivity contribution in [3.05, 3.63) is 71.8 Å². The fraction of sp³-hybridized carbons (Fsp3) is 0.0556. The first-order chi connectivity index (χ1) is 10.6. The van der Waals surface area contributed by atoms with Gasteiger partial charge in [-0.05, 0) is 11.6 Å². The van der Waals surface area contributed by atoms with E-state index in [1.165, 1.54) is 19.3 Å². The number of phenols is 2. The summed E-state index contributed by atoms with van der Waals surface area (Å²) < 4.78 is 5.01. The van der Waals surface area contributed by atoms with Crippen molar-refractivity contribution < 1.29 is 19.7 Å². The number of ketones is 1. The van der Waals surface area contributed by atoms with Gasteiger partial charge >= 0.3 is 0 Å². The Morgan fingerprint density at radius 2 is 1.82 bits per heavy atom. The van der Waals surface area contributed by atoms with Gasteiger partial charge < -0.3 is 14.9 Å². The van der Waals surface area contributed by atoms with Gasteiger partial charge in [0.2, 0.25) is 0 Å². The molecule has 0 aliphatic rings. The van der Waals surface area contributed by atoms with Crippen LogP contribution >= 0.6 is 0 Å². The van der Waals surface area contributed by atoms with Crippen molar-refractivity contribution in [2.24, 2.45) is 0 Å². The number of allylic oxidation sites excluding steroid dienone is 3. The number of hydrogen-bond donors (Lipinski definition) is 2. The normalized spacial score (nSPS) is 11.1. The molecule has 0 bridgehead atoms. The Balaban J connectivity index is 2.16. The second-order valence-corrected chi connectivity index (χ2v) is 4.54. The Kier molecular flexibility index (Phi) is 4.98. The van der Waals surface area contributed by atoms with Crippen molar-refractivity contribution in [3.63, 3.8) is 0 Å². The number of hydrogen-bond acceptors (Lipinski definition) is 4. The van der Waals surface area contributed by atoms with Gasteiger partial charge in [-0.15, -0.1) is 0 Å². The molecule has 0 aliphatic heterocycles. The van der Waals surface area contributed by atoms with Gasteiger partial charge in [-0.25, -0.2) is 0 Å². The third kappa shape index (κ3) is 3.76. The summed E-state index contributed by atoms with van der Waals surface area (Å²) in [5.41, 5.74) is 1.04. The lowest BCUT2D eigenvalue weighted by atomic mass is 10.1. The first-order valence-electron chi connectivity index (χ1n) is 6.66. The van der Waals surface area contributed by atoms with Crippen molar-refractivity contribution in [3.8, 4) is 17.2 Å². The molecule has 0 heterocycles. The Morgan fingerprint density at radius 1 is 1.09 bits per heavy atom. The van der Waals surface area contributed by atoms with Gasteiger partial charge in [0, 0.05) is 12.1 Å². The molecule has 2 aromatic rings. The van der Waals surface area contributed by atoms with Gasteiger partial charge in [-0.1, -0.05) is 48.6 Å². The third-order valence-corrected chi connectivity index (χ3v) is 2.98. The first kappa shape index (κ1) is 15.4. The van der Waals surface area contributed by atoms with E-state index in [2.05, 4.69) is 0 Å². The van der Waals surface area contributed by atoms with Crippen LogP contribution in [0.2, 0.25) is 0 Å². The predicted molar refractivity (Wildman–Crippen MR) is 85.3 cm³/mol. The zero-order chi connectivity index (χ0) is 15.9. The Hall–Kier alpha value is -3.01. The Labute approximate surface area is 128 Å². The Morgan fingerprint density at radius 3 is 2.50 bits per heavy atom. The maximum Gasteiger partial charge on any atom is 0.193 e. The van der Waals surface area contributed by atoms with Crippen LogP contribution in [0.25, 0.3) is 6.08 Å². The fourth-order valence-electron chi connectivity index (χ4n) is 1.95. The summed E-state index contributed by atoms with van der Waals surface area (Å²) in [7, 11) is 1.37. The molecule has 0 fully saturated rings. The highest BCUT2D eigenvalue weighted by atomic mass is 16.5. The lowest BCUT2D eigenvalue weighted by molar-refractivity contribution is 0.104. The average molecular weight is 296 g/mol. The molecular formula is C18H16O4. The van der Waals surface area contributed by atoms with Crippen LogP contribution in [0.15, 0.2) is 60.7 Å². The fourth-order valence-corrected chi connectivity index (χ4v) is 1.95. The maximum atomic E-state index is 12.1. The zero-order valence-electron chi connectivity index (χ0n) is 12.1. The van der Waals surface area contributed by atoms with E-state index in [0.29, 0.717) is 0 Å². The highest BCUT2D eigenvalue weighted by Gasteiger charge is 2.16. The molecule has 0 amide bonds. The topological polar surface area (TPSA) is 66.8 Å². The molecule has 4 heteroatoms. The number of rotatable bonds is 5. The molecule has 0 saturated heterocycles. The number of phenolic OH excluding ortho intramolecular Hbond substituents is 2. The minimum Gasteiger partial charge on any atom is -0.508 e. The molecule has 0 atom stereocenters. The van der Waals surface area contributed by atoms with Crippen LogP contribution < -0.4 is 4.74 Å². The number of carbonyl (C=O) groups is 1. The number of methoxy groups -OCH3 is 1. The van der Waals surface area contributed by atoms with Gasteiger partial charge in [0.15, 0.2) is 5.78 Å². The molecule has 0 aliphatic carbocycles. The third-order valence-electron chi connectivity index (χ3n) is 2.98. The van der Waals surface area contributed by atoms with Crippen LogP contribution in [0.3, 0.4) is 0 Å². The summed E-state index contributed by atoms with van der Waals surface area (Å²) in [6, 6.07) is 12.0. The first-order valence-corrected chi connectivity index (χ1v) is 6.66. The summed E-state index contributed by atoms with van der Waals surface area (Å²) in [6.45, 7) is 0. The van der Waals surface area contributed by atoms with Gasteiger partial charge in [0.25, 0.3) is 0 Å². The van der Waals surface area contributed by atoms with Crippen molar-refractivity contribution in [1.82, 2.24) is 0 Å². The highest BCUT2D eigenvalue weighted by molar-refractivity contribution is 6.08. The summed E-state index contributed by atoms with van der Waals surface area (Å²) in [5, 5.41) is 19.2. The summed E-state index contributed by atoms with van der Waals surface area (Å²) in [6.07, 6.45) is 6.50. The summed E-state index contributed by atoms with van der Waals surface area (Å²) in [4.78, 5) is 12.1. The van der Waals surface area contributed by atoms with E-state index in [0.717, 1.165) is 11.6 Å². The number of benzene rings is 2. The molecule has 22 heavy (non-hydrogen) atoms. The number of aromatic hydroxyl groups is 2. The van der Waals surface area contributed by atoms with Crippen molar-refractivity contribution in [2.75, 3.05) is 7.11 Å². The second-order valence-electron chi connectivity index (χ2n) is 4.54. The summed E-state index contributed by atoms with van der Waals surface area (Å²) >= 11 is 0. The SMILES string of the molecule is COc1cc(O)cc(O)c1C(=O)/C=C/C=C/c1ccccc1. The molecule has 0 aromatic heterocycles. The van der Waals surface area contributed by atoms with Crippen LogP contribution in [0, 0.1) is 0 Å². The largest absolute Gasteiger partial charge is 0.508 e. The van der Waals surface area contributed by atoms with E-state index >= 15 is 0 Å². The van der Waals surface area contributed by atoms with Crippen molar-refractivity contribution in [2.45, 2.75) is 0 Å². The second kappa shape index (κ2) is 7.13. The van der Waals surface area contributed by atoms with Gasteiger partial charge in [0.1, 0.15) is 22.8 Å².